The molecule has 0 N–H and O–H groups in total. The lowest BCUT2D eigenvalue weighted by Crippen LogP contribution is -2.54. The number of ether oxygens (including phenoxy) is 2. The second kappa shape index (κ2) is 9.10. The summed E-state index contributed by atoms with van der Waals surface area (Å²) < 4.78 is 12.8. The van der Waals surface area contributed by atoms with Gasteiger partial charge in [-0.05, 0) is 62.6 Å². The summed E-state index contributed by atoms with van der Waals surface area (Å²) in [5, 5.41) is 0. The lowest BCUT2D eigenvalue weighted by Gasteiger charge is -2.47. The number of amides is 1. The van der Waals surface area contributed by atoms with Gasteiger partial charge in [0.25, 0.3) is 0 Å². The van der Waals surface area contributed by atoms with Crippen molar-refractivity contribution < 1.29 is 14.3 Å². The number of piperidine rings is 2. The van der Waals surface area contributed by atoms with Gasteiger partial charge in [-0.2, -0.15) is 0 Å². The third-order valence-electron chi connectivity index (χ3n) is 8.88. The van der Waals surface area contributed by atoms with Crippen LogP contribution in [0.4, 0.5) is 5.69 Å². The van der Waals surface area contributed by atoms with Crippen LogP contribution in [0, 0.1) is 5.92 Å². The van der Waals surface area contributed by atoms with Crippen molar-refractivity contribution in [2.45, 2.75) is 82.6 Å². The molecule has 4 heterocycles. The summed E-state index contributed by atoms with van der Waals surface area (Å²) in [7, 11) is 0. The Balaban J connectivity index is 1.02. The van der Waals surface area contributed by atoms with Crippen molar-refractivity contribution in [1.82, 2.24) is 9.80 Å². The highest BCUT2D eigenvalue weighted by Crippen LogP contribution is 2.40. The van der Waals surface area contributed by atoms with Crippen molar-refractivity contribution in [3.63, 3.8) is 0 Å². The van der Waals surface area contributed by atoms with E-state index in [1.165, 1.54) is 43.4 Å². The molecule has 180 valence electrons. The topological polar surface area (TPSA) is 45.3 Å². The van der Waals surface area contributed by atoms with Gasteiger partial charge in [-0.1, -0.05) is 6.42 Å². The molecular weight excluding hydrogens is 414 g/mol. The highest BCUT2D eigenvalue weighted by atomic mass is 16.7. The Labute approximate surface area is 198 Å². The van der Waals surface area contributed by atoms with Gasteiger partial charge in [0.1, 0.15) is 5.75 Å². The van der Waals surface area contributed by atoms with Crippen molar-refractivity contribution >= 4 is 11.6 Å². The van der Waals surface area contributed by atoms with Crippen LogP contribution in [-0.4, -0.2) is 66.8 Å². The molecule has 4 fully saturated rings. The number of nitrogens with zero attached hydrogens (tertiary/aromatic N) is 3. The van der Waals surface area contributed by atoms with Crippen LogP contribution in [-0.2, 0) is 16.1 Å². The molecule has 1 aromatic rings. The molecule has 1 spiro atoms. The molecule has 4 aliphatic heterocycles. The Bertz CT molecular complexity index is 848. The van der Waals surface area contributed by atoms with Crippen LogP contribution < -0.4 is 9.64 Å². The third kappa shape index (κ3) is 4.49. The fraction of sp³-hybridized carbons (Fsp3) is 0.741. The molecule has 1 aromatic carbocycles. The lowest BCUT2D eigenvalue weighted by molar-refractivity contribution is -0.231. The summed E-state index contributed by atoms with van der Waals surface area (Å²) in [5.41, 5.74) is 2.44. The molecule has 5 aliphatic rings. The highest BCUT2D eigenvalue weighted by molar-refractivity contribution is 5.76. The van der Waals surface area contributed by atoms with Gasteiger partial charge in [0.2, 0.25) is 11.7 Å². The Morgan fingerprint density at radius 3 is 2.39 bits per heavy atom. The van der Waals surface area contributed by atoms with Crippen LogP contribution >= 0.6 is 0 Å². The fourth-order valence-electron chi connectivity index (χ4n) is 6.38. The zero-order chi connectivity index (χ0) is 22.3. The summed E-state index contributed by atoms with van der Waals surface area (Å²) in [4.78, 5) is 19.7. The summed E-state index contributed by atoms with van der Waals surface area (Å²) in [5.74, 6) is 1.49. The number of fused-ring (bicyclic) bond motifs is 1. The normalized spacial score (nSPS) is 26.2. The minimum absolute atomic E-state index is 0.376. The number of hydrogen-bond acceptors (Lipinski definition) is 5. The SMILES string of the molecule is O=C(CC1CCN(c2ccc3c(c2)COC2(CCN(C4CCC4)CC2)O3)CC1)N1CCCC1. The number of likely N-dealkylation sites (tertiary alicyclic amines) is 2. The molecule has 6 heteroatoms. The molecule has 1 aliphatic carbocycles. The Morgan fingerprint density at radius 2 is 1.70 bits per heavy atom. The molecular formula is C27H39N3O3. The van der Waals surface area contributed by atoms with Crippen molar-refractivity contribution in [1.29, 1.82) is 0 Å². The quantitative estimate of drug-likeness (QED) is 0.685. The first kappa shape index (κ1) is 21.7. The number of benzene rings is 1. The molecule has 0 atom stereocenters. The maximum atomic E-state index is 12.5. The zero-order valence-electron chi connectivity index (χ0n) is 20.0. The Morgan fingerprint density at radius 1 is 0.939 bits per heavy atom. The van der Waals surface area contributed by atoms with Crippen LogP contribution in [0.2, 0.25) is 0 Å². The maximum Gasteiger partial charge on any atom is 0.222 e. The van der Waals surface area contributed by atoms with Gasteiger partial charge in [0.05, 0.1) is 6.61 Å². The van der Waals surface area contributed by atoms with E-state index >= 15 is 0 Å². The molecule has 6 rings (SSSR count). The van der Waals surface area contributed by atoms with E-state index in [1.807, 2.05) is 0 Å². The summed E-state index contributed by atoms with van der Waals surface area (Å²) in [6.07, 6.45) is 11.4. The summed E-state index contributed by atoms with van der Waals surface area (Å²) in [6, 6.07) is 7.46. The third-order valence-corrected chi connectivity index (χ3v) is 8.88. The average Bonchev–Trinajstić information content (AvgIpc) is 3.35. The number of rotatable bonds is 4. The molecule has 0 bridgehead atoms. The minimum atomic E-state index is -0.422. The Hall–Kier alpha value is -1.79. The lowest BCUT2D eigenvalue weighted by atomic mass is 9.89. The predicted molar refractivity (Wildman–Crippen MR) is 128 cm³/mol. The molecule has 33 heavy (non-hydrogen) atoms. The van der Waals surface area contributed by atoms with Gasteiger partial charge in [-0.25, -0.2) is 0 Å². The van der Waals surface area contributed by atoms with Crippen molar-refractivity contribution in [3.05, 3.63) is 23.8 Å². The standard InChI is InChI=1S/C27H39N3O3/c31-26(30-12-1-2-13-30)18-21-8-14-28(15-9-21)24-6-7-25-22(19-24)20-32-27(33-25)10-16-29(17-11-27)23-4-3-5-23/h6-7,19,21,23H,1-5,8-18,20H2. The molecule has 6 nitrogen and oxygen atoms in total. The van der Waals surface area contributed by atoms with Crippen LogP contribution in [0.1, 0.15) is 69.8 Å². The van der Waals surface area contributed by atoms with E-state index < -0.39 is 5.79 Å². The molecule has 1 saturated carbocycles. The number of carbonyl (C=O) groups is 1. The van der Waals surface area contributed by atoms with E-state index in [0.717, 1.165) is 83.2 Å². The fourth-order valence-corrected chi connectivity index (χ4v) is 6.38. The molecule has 3 saturated heterocycles. The van der Waals surface area contributed by atoms with Crippen LogP contribution in [0.3, 0.4) is 0 Å². The molecule has 0 aromatic heterocycles. The summed E-state index contributed by atoms with van der Waals surface area (Å²) >= 11 is 0. The first-order valence-electron chi connectivity index (χ1n) is 13.4. The van der Waals surface area contributed by atoms with E-state index in [4.69, 9.17) is 9.47 Å². The molecule has 0 unspecified atom stereocenters. The van der Waals surface area contributed by atoms with E-state index in [0.29, 0.717) is 18.4 Å². The van der Waals surface area contributed by atoms with E-state index in [9.17, 15) is 4.79 Å². The monoisotopic (exact) mass is 453 g/mol. The smallest absolute Gasteiger partial charge is 0.222 e. The van der Waals surface area contributed by atoms with Gasteiger partial charge >= 0.3 is 0 Å². The number of hydrogen-bond donors (Lipinski definition) is 0. The minimum Gasteiger partial charge on any atom is -0.462 e. The predicted octanol–water partition coefficient (Wildman–Crippen LogP) is 4.17. The number of carbonyl (C=O) groups excluding carboxylic acids is 1. The van der Waals surface area contributed by atoms with Crippen LogP contribution in [0.15, 0.2) is 18.2 Å². The van der Waals surface area contributed by atoms with E-state index in [-0.39, 0.29) is 0 Å². The van der Waals surface area contributed by atoms with Crippen molar-refractivity contribution in [2.75, 3.05) is 44.2 Å². The second-order valence-electron chi connectivity index (χ2n) is 10.9. The van der Waals surface area contributed by atoms with E-state index in [2.05, 4.69) is 32.9 Å². The van der Waals surface area contributed by atoms with Gasteiger partial charge < -0.3 is 19.3 Å². The Kier molecular flexibility index (Phi) is 5.99. The van der Waals surface area contributed by atoms with Crippen molar-refractivity contribution in [3.8, 4) is 5.75 Å². The highest BCUT2D eigenvalue weighted by Gasteiger charge is 2.42. The van der Waals surface area contributed by atoms with Crippen LogP contribution in [0.25, 0.3) is 0 Å². The summed E-state index contributed by atoms with van der Waals surface area (Å²) in [6.45, 7) is 6.82. The largest absolute Gasteiger partial charge is 0.462 e. The van der Waals surface area contributed by atoms with Gasteiger partial charge in [-0.3, -0.25) is 9.69 Å². The zero-order valence-corrected chi connectivity index (χ0v) is 20.0. The first-order valence-corrected chi connectivity index (χ1v) is 13.4. The van der Waals surface area contributed by atoms with E-state index in [1.54, 1.807) is 0 Å². The molecule has 0 radical (unpaired) electrons. The van der Waals surface area contributed by atoms with Crippen molar-refractivity contribution in [2.24, 2.45) is 5.92 Å². The van der Waals surface area contributed by atoms with Gasteiger partial charge in [0, 0.05) is 75.8 Å². The van der Waals surface area contributed by atoms with Crippen LogP contribution in [0.5, 0.6) is 5.75 Å². The maximum absolute atomic E-state index is 12.5. The van der Waals surface area contributed by atoms with Gasteiger partial charge in [-0.15, -0.1) is 0 Å². The first-order chi connectivity index (χ1) is 16.2. The second-order valence-corrected chi connectivity index (χ2v) is 10.9. The molecule has 1 amide bonds. The van der Waals surface area contributed by atoms with Gasteiger partial charge in [0.15, 0.2) is 0 Å². The average molecular weight is 454 g/mol. The number of anilines is 1.